The van der Waals surface area contributed by atoms with Gasteiger partial charge in [0.15, 0.2) is 0 Å². The number of nitrogens with zero attached hydrogens (tertiary/aromatic N) is 2. The fourth-order valence-electron chi connectivity index (χ4n) is 3.66. The maximum atomic E-state index is 13.9. The van der Waals surface area contributed by atoms with Gasteiger partial charge in [-0.15, -0.1) is 0 Å². The van der Waals surface area contributed by atoms with E-state index in [0.717, 1.165) is 22.0 Å². The van der Waals surface area contributed by atoms with Gasteiger partial charge in [0.1, 0.15) is 0 Å². The predicted octanol–water partition coefficient (Wildman–Crippen LogP) is 5.30. The molecule has 0 heterocycles. The molecular formula is C25H24N2O2S. The summed E-state index contributed by atoms with van der Waals surface area (Å²) in [6.07, 6.45) is 0. The Morgan fingerprint density at radius 2 is 1.27 bits per heavy atom. The van der Waals surface area contributed by atoms with Gasteiger partial charge in [0.25, 0.3) is 10.0 Å². The zero-order chi connectivity index (χ0) is 21.1. The minimum atomic E-state index is -3.81. The summed E-state index contributed by atoms with van der Waals surface area (Å²) in [6.45, 7) is 0.261. The minimum absolute atomic E-state index is 0.261. The molecule has 0 spiro atoms. The molecule has 0 saturated carbocycles. The molecule has 0 aromatic heterocycles. The number of hydrogen-bond acceptors (Lipinski definition) is 3. The van der Waals surface area contributed by atoms with E-state index in [1.54, 1.807) is 6.07 Å². The van der Waals surface area contributed by atoms with Crippen molar-refractivity contribution in [2.75, 3.05) is 23.3 Å². The van der Waals surface area contributed by atoms with Gasteiger partial charge in [-0.05, 0) is 29.8 Å². The van der Waals surface area contributed by atoms with Gasteiger partial charge in [0.05, 0.1) is 17.1 Å². The molecular weight excluding hydrogens is 392 g/mol. The maximum Gasteiger partial charge on any atom is 0.265 e. The average molecular weight is 417 g/mol. The molecule has 4 nitrogen and oxygen atoms in total. The van der Waals surface area contributed by atoms with E-state index in [2.05, 4.69) is 0 Å². The fraction of sp³-hybridized carbons (Fsp3) is 0.120. The number of fused-ring (bicyclic) bond motifs is 1. The van der Waals surface area contributed by atoms with Crippen LogP contribution in [0.2, 0.25) is 0 Å². The Kier molecular flexibility index (Phi) is 5.46. The number of hydrogen-bond donors (Lipinski definition) is 0. The second-order valence-corrected chi connectivity index (χ2v) is 9.19. The molecule has 0 bridgehead atoms. The van der Waals surface area contributed by atoms with Gasteiger partial charge in [0, 0.05) is 30.6 Å². The fourth-order valence-corrected chi connectivity index (χ4v) is 5.32. The Balaban J connectivity index is 1.90. The van der Waals surface area contributed by atoms with E-state index < -0.39 is 10.0 Å². The Morgan fingerprint density at radius 1 is 0.667 bits per heavy atom. The van der Waals surface area contributed by atoms with E-state index in [1.807, 2.05) is 110 Å². The number of anilines is 2. The van der Waals surface area contributed by atoms with Crippen LogP contribution in [-0.2, 0) is 16.6 Å². The van der Waals surface area contributed by atoms with Gasteiger partial charge in [-0.3, -0.25) is 4.31 Å². The summed E-state index contributed by atoms with van der Waals surface area (Å²) in [5, 5.41) is 1.63. The molecule has 0 atom stereocenters. The molecule has 0 aliphatic rings. The van der Waals surface area contributed by atoms with E-state index >= 15 is 0 Å². The summed E-state index contributed by atoms with van der Waals surface area (Å²) in [7, 11) is 0.113. The van der Waals surface area contributed by atoms with Crippen LogP contribution in [-0.4, -0.2) is 22.5 Å². The molecule has 0 saturated heterocycles. The standard InChI is InChI=1S/C25H24N2O2S/c1-26(2)24-17-9-16-23-22(24)15-10-18-25(23)30(28,29)27(21-13-7-4-8-14-21)19-20-11-5-3-6-12-20/h3-18H,19H2,1-2H3. The summed E-state index contributed by atoms with van der Waals surface area (Å²) in [4.78, 5) is 2.31. The Labute approximate surface area is 178 Å². The van der Waals surface area contributed by atoms with Crippen LogP contribution in [0.15, 0.2) is 102 Å². The normalized spacial score (nSPS) is 11.4. The summed E-state index contributed by atoms with van der Waals surface area (Å²) in [5.74, 6) is 0. The summed E-state index contributed by atoms with van der Waals surface area (Å²) in [6, 6.07) is 30.2. The van der Waals surface area contributed by atoms with Crippen LogP contribution in [0.5, 0.6) is 0 Å². The van der Waals surface area contributed by atoms with Crippen molar-refractivity contribution in [3.8, 4) is 0 Å². The van der Waals surface area contributed by atoms with Crippen LogP contribution < -0.4 is 9.21 Å². The second kappa shape index (κ2) is 8.20. The van der Waals surface area contributed by atoms with Gasteiger partial charge < -0.3 is 4.90 Å². The maximum absolute atomic E-state index is 13.9. The molecule has 152 valence electrons. The molecule has 0 aliphatic heterocycles. The second-order valence-electron chi connectivity index (χ2n) is 7.36. The van der Waals surface area contributed by atoms with Gasteiger partial charge in [-0.2, -0.15) is 0 Å². The first-order valence-corrected chi connectivity index (χ1v) is 11.2. The smallest absolute Gasteiger partial charge is 0.265 e. The molecule has 0 amide bonds. The summed E-state index contributed by atoms with van der Waals surface area (Å²) in [5.41, 5.74) is 2.56. The van der Waals surface area contributed by atoms with Gasteiger partial charge >= 0.3 is 0 Å². The van der Waals surface area contributed by atoms with Gasteiger partial charge in [-0.25, -0.2) is 8.42 Å². The highest BCUT2D eigenvalue weighted by atomic mass is 32.2. The van der Waals surface area contributed by atoms with Crippen LogP contribution in [0, 0.1) is 0 Å². The molecule has 0 radical (unpaired) electrons. The first kappa shape index (κ1) is 20.0. The van der Waals surface area contributed by atoms with E-state index in [-0.39, 0.29) is 6.54 Å². The number of benzene rings is 4. The third-order valence-electron chi connectivity index (χ3n) is 5.12. The van der Waals surface area contributed by atoms with Crippen molar-refractivity contribution >= 4 is 32.2 Å². The molecule has 0 N–H and O–H groups in total. The van der Waals surface area contributed by atoms with Crippen molar-refractivity contribution in [2.45, 2.75) is 11.4 Å². The van der Waals surface area contributed by atoms with Crippen molar-refractivity contribution < 1.29 is 8.42 Å². The summed E-state index contributed by atoms with van der Waals surface area (Å²) >= 11 is 0. The first-order valence-electron chi connectivity index (χ1n) is 9.79. The van der Waals surface area contributed by atoms with E-state index in [0.29, 0.717) is 10.6 Å². The predicted molar refractivity (Wildman–Crippen MR) is 125 cm³/mol. The molecule has 30 heavy (non-hydrogen) atoms. The molecule has 5 heteroatoms. The van der Waals surface area contributed by atoms with Crippen molar-refractivity contribution in [1.82, 2.24) is 0 Å². The number of para-hydroxylation sites is 1. The highest BCUT2D eigenvalue weighted by Crippen LogP contribution is 2.33. The lowest BCUT2D eigenvalue weighted by molar-refractivity contribution is 0.591. The van der Waals surface area contributed by atoms with Crippen molar-refractivity contribution in [2.24, 2.45) is 0 Å². The molecule has 0 unspecified atom stereocenters. The Morgan fingerprint density at radius 3 is 1.93 bits per heavy atom. The topological polar surface area (TPSA) is 40.6 Å². The van der Waals surface area contributed by atoms with Crippen LogP contribution in [0.3, 0.4) is 0 Å². The molecule has 4 aromatic rings. The van der Waals surface area contributed by atoms with Crippen molar-refractivity contribution in [3.05, 3.63) is 103 Å². The van der Waals surface area contributed by atoms with E-state index in [1.165, 1.54) is 4.31 Å². The molecule has 0 fully saturated rings. The monoisotopic (exact) mass is 416 g/mol. The van der Waals surface area contributed by atoms with E-state index in [4.69, 9.17) is 0 Å². The van der Waals surface area contributed by atoms with Gasteiger partial charge in [0.2, 0.25) is 0 Å². The highest BCUT2D eigenvalue weighted by Gasteiger charge is 2.27. The summed E-state index contributed by atoms with van der Waals surface area (Å²) < 4.78 is 29.4. The lowest BCUT2D eigenvalue weighted by Crippen LogP contribution is -2.30. The number of sulfonamides is 1. The highest BCUT2D eigenvalue weighted by molar-refractivity contribution is 7.93. The van der Waals surface area contributed by atoms with E-state index in [9.17, 15) is 8.42 Å². The zero-order valence-electron chi connectivity index (χ0n) is 17.1. The minimum Gasteiger partial charge on any atom is -0.377 e. The quantitative estimate of drug-likeness (QED) is 0.428. The average Bonchev–Trinajstić information content (AvgIpc) is 2.77. The lowest BCUT2D eigenvalue weighted by Gasteiger charge is -2.26. The first-order chi connectivity index (χ1) is 14.5. The number of rotatable bonds is 6. The lowest BCUT2D eigenvalue weighted by atomic mass is 10.1. The zero-order valence-corrected chi connectivity index (χ0v) is 17.9. The molecule has 4 rings (SSSR count). The Bertz CT molecular complexity index is 1250. The van der Waals surface area contributed by atoms with Crippen LogP contribution in [0.25, 0.3) is 10.8 Å². The van der Waals surface area contributed by atoms with Crippen LogP contribution in [0.1, 0.15) is 5.56 Å². The largest absolute Gasteiger partial charge is 0.377 e. The molecule has 4 aromatic carbocycles. The Hall–Kier alpha value is -3.31. The van der Waals surface area contributed by atoms with Crippen LogP contribution >= 0.6 is 0 Å². The van der Waals surface area contributed by atoms with Gasteiger partial charge in [-0.1, -0.05) is 72.8 Å². The third-order valence-corrected chi connectivity index (χ3v) is 6.95. The third kappa shape index (κ3) is 3.76. The van der Waals surface area contributed by atoms with Crippen molar-refractivity contribution in [1.29, 1.82) is 0 Å². The molecule has 0 aliphatic carbocycles. The van der Waals surface area contributed by atoms with Crippen molar-refractivity contribution in [3.63, 3.8) is 0 Å². The van der Waals surface area contributed by atoms with Crippen LogP contribution in [0.4, 0.5) is 11.4 Å². The SMILES string of the molecule is CN(C)c1cccc2c(S(=O)(=O)N(Cc3ccccc3)c3ccccc3)cccc12.